The molecule has 0 aliphatic carbocycles. The van der Waals surface area contributed by atoms with Gasteiger partial charge in [0, 0.05) is 6.26 Å². The summed E-state index contributed by atoms with van der Waals surface area (Å²) in [6.45, 7) is 3.72. The van der Waals surface area contributed by atoms with Gasteiger partial charge in [-0.25, -0.2) is 8.42 Å². The van der Waals surface area contributed by atoms with Crippen molar-refractivity contribution in [2.24, 2.45) is 0 Å². The van der Waals surface area contributed by atoms with Gasteiger partial charge in [0.1, 0.15) is 0 Å². The van der Waals surface area contributed by atoms with E-state index in [1.54, 1.807) is 6.92 Å². The highest BCUT2D eigenvalue weighted by molar-refractivity contribution is 7.91. The van der Waals surface area contributed by atoms with Gasteiger partial charge in [-0.05, 0) is 24.5 Å². The summed E-state index contributed by atoms with van der Waals surface area (Å²) < 4.78 is 22.8. The van der Waals surface area contributed by atoms with Crippen LogP contribution in [0.3, 0.4) is 0 Å². The summed E-state index contributed by atoms with van der Waals surface area (Å²) in [7, 11) is -3.10. The van der Waals surface area contributed by atoms with E-state index in [2.05, 4.69) is 6.92 Å². The minimum atomic E-state index is -3.10. The maximum Gasteiger partial charge on any atom is 0.151 e. The van der Waals surface area contributed by atoms with E-state index < -0.39 is 20.5 Å². The Morgan fingerprint density at radius 2 is 1.75 bits per heavy atom. The van der Waals surface area contributed by atoms with E-state index in [0.29, 0.717) is 0 Å². The third-order valence-corrected chi connectivity index (χ3v) is 5.20. The molecule has 0 saturated carbocycles. The number of benzene rings is 1. The fourth-order valence-electron chi connectivity index (χ4n) is 1.43. The first-order valence-corrected chi connectivity index (χ1v) is 7.67. The van der Waals surface area contributed by atoms with E-state index in [9.17, 15) is 8.42 Å². The van der Waals surface area contributed by atoms with E-state index in [1.165, 1.54) is 11.8 Å². The molecule has 2 nitrogen and oxygen atoms in total. The molecule has 0 spiro atoms. The van der Waals surface area contributed by atoms with Gasteiger partial charge >= 0.3 is 0 Å². The van der Waals surface area contributed by atoms with Gasteiger partial charge in [0.05, 0.1) is 10.6 Å². The highest BCUT2D eigenvalue weighted by atomic mass is 35.5. The molecular weight excluding hydrogens is 244 g/mol. The first kappa shape index (κ1) is 13.5. The van der Waals surface area contributed by atoms with E-state index in [1.807, 2.05) is 24.3 Å². The Morgan fingerprint density at radius 3 is 2.12 bits per heavy atom. The zero-order chi connectivity index (χ0) is 12.3. The Kier molecular flexibility index (Phi) is 4.39. The summed E-state index contributed by atoms with van der Waals surface area (Å²) in [4.78, 5) is 0. The largest absolute Gasteiger partial charge is 0.229 e. The van der Waals surface area contributed by atoms with Crippen molar-refractivity contribution in [1.82, 2.24) is 0 Å². The van der Waals surface area contributed by atoms with Crippen molar-refractivity contribution in [3.63, 3.8) is 0 Å². The summed E-state index contributed by atoms with van der Waals surface area (Å²) in [6, 6.07) is 7.77. The minimum Gasteiger partial charge on any atom is -0.229 e. The zero-order valence-electron chi connectivity index (χ0n) is 9.77. The Balaban J connectivity index is 2.92. The number of halogens is 1. The van der Waals surface area contributed by atoms with Crippen molar-refractivity contribution in [2.75, 3.05) is 6.26 Å². The second kappa shape index (κ2) is 5.19. The lowest BCUT2D eigenvalue weighted by atomic mass is 10.1. The second-order valence-electron chi connectivity index (χ2n) is 4.03. The van der Waals surface area contributed by atoms with Crippen molar-refractivity contribution in [3.05, 3.63) is 35.4 Å². The maximum absolute atomic E-state index is 11.4. The number of hydrogen-bond donors (Lipinski definition) is 0. The second-order valence-corrected chi connectivity index (χ2v) is 6.90. The Hall–Kier alpha value is -0.540. The highest BCUT2D eigenvalue weighted by Gasteiger charge is 2.25. The number of sulfone groups is 1. The zero-order valence-corrected chi connectivity index (χ0v) is 11.3. The Labute approximate surface area is 103 Å². The molecule has 0 saturated heterocycles. The van der Waals surface area contributed by atoms with Crippen LogP contribution in [0, 0.1) is 0 Å². The van der Waals surface area contributed by atoms with Gasteiger partial charge in [-0.3, -0.25) is 0 Å². The van der Waals surface area contributed by atoms with Gasteiger partial charge in [-0.15, -0.1) is 11.6 Å². The first-order valence-electron chi connectivity index (χ1n) is 5.28. The van der Waals surface area contributed by atoms with Crippen LogP contribution in [0.4, 0.5) is 0 Å². The molecule has 0 fully saturated rings. The van der Waals surface area contributed by atoms with Gasteiger partial charge in [-0.2, -0.15) is 0 Å². The normalized spacial score (nSPS) is 15.8. The van der Waals surface area contributed by atoms with E-state index in [0.717, 1.165) is 12.0 Å². The summed E-state index contributed by atoms with van der Waals surface area (Å²) in [5.41, 5.74) is 2.08. The van der Waals surface area contributed by atoms with Gasteiger partial charge in [0.25, 0.3) is 0 Å². The lowest BCUT2D eigenvalue weighted by Gasteiger charge is -2.16. The van der Waals surface area contributed by atoms with Crippen molar-refractivity contribution in [1.29, 1.82) is 0 Å². The molecular formula is C12H17ClO2S. The van der Waals surface area contributed by atoms with Crippen LogP contribution in [0.25, 0.3) is 0 Å². The third kappa shape index (κ3) is 3.22. The molecule has 0 amide bonds. The smallest absolute Gasteiger partial charge is 0.151 e. The van der Waals surface area contributed by atoms with E-state index >= 15 is 0 Å². The molecule has 0 bridgehead atoms. The number of rotatable bonds is 4. The molecule has 0 N–H and O–H groups in total. The van der Waals surface area contributed by atoms with E-state index in [-0.39, 0.29) is 0 Å². The van der Waals surface area contributed by atoms with Crippen LogP contribution in [0.5, 0.6) is 0 Å². The maximum atomic E-state index is 11.4. The molecule has 0 heterocycles. The minimum absolute atomic E-state index is 0.485. The Bertz CT molecular complexity index is 437. The number of aryl methyl sites for hydroxylation is 1. The fourth-order valence-corrected chi connectivity index (χ4v) is 2.72. The quantitative estimate of drug-likeness (QED) is 0.780. The average molecular weight is 261 g/mol. The first-order chi connectivity index (χ1) is 7.36. The molecule has 2 unspecified atom stereocenters. The Morgan fingerprint density at radius 1 is 1.25 bits per heavy atom. The summed E-state index contributed by atoms with van der Waals surface area (Å²) >= 11 is 6.16. The molecule has 1 rings (SSSR count). The van der Waals surface area contributed by atoms with E-state index in [4.69, 9.17) is 11.6 Å². The van der Waals surface area contributed by atoms with Crippen LogP contribution < -0.4 is 0 Å². The molecule has 1 aromatic carbocycles. The highest BCUT2D eigenvalue weighted by Crippen LogP contribution is 2.28. The van der Waals surface area contributed by atoms with Crippen LogP contribution in [-0.2, 0) is 16.3 Å². The van der Waals surface area contributed by atoms with Crippen LogP contribution >= 0.6 is 11.6 Å². The van der Waals surface area contributed by atoms with Crippen LogP contribution in [0.2, 0.25) is 0 Å². The lowest BCUT2D eigenvalue weighted by molar-refractivity contribution is 0.587. The number of alkyl halides is 1. The third-order valence-electron chi connectivity index (χ3n) is 2.79. The van der Waals surface area contributed by atoms with Gasteiger partial charge in [0.2, 0.25) is 0 Å². The van der Waals surface area contributed by atoms with Crippen molar-refractivity contribution in [2.45, 2.75) is 30.9 Å². The van der Waals surface area contributed by atoms with Crippen molar-refractivity contribution >= 4 is 21.4 Å². The monoisotopic (exact) mass is 260 g/mol. The van der Waals surface area contributed by atoms with Gasteiger partial charge in [-0.1, -0.05) is 31.2 Å². The number of hydrogen-bond acceptors (Lipinski definition) is 2. The van der Waals surface area contributed by atoms with Gasteiger partial charge in [0.15, 0.2) is 9.84 Å². The van der Waals surface area contributed by atoms with Gasteiger partial charge < -0.3 is 0 Å². The average Bonchev–Trinajstić information content (AvgIpc) is 2.26. The molecule has 0 aromatic heterocycles. The molecule has 4 heteroatoms. The van der Waals surface area contributed by atoms with Crippen molar-refractivity contribution in [3.8, 4) is 0 Å². The predicted molar refractivity (Wildman–Crippen MR) is 68.7 cm³/mol. The van der Waals surface area contributed by atoms with Crippen molar-refractivity contribution < 1.29 is 8.42 Å². The van der Waals surface area contributed by atoms with Crippen LogP contribution in [-0.4, -0.2) is 19.9 Å². The molecule has 1 aromatic rings. The molecule has 2 atom stereocenters. The standard InChI is InChI=1S/C12H17ClO2S/c1-4-10-5-7-11(8-6-10)12(13)9(2)16(3,14)15/h5-9,12H,4H2,1-3H3. The molecule has 90 valence electrons. The fraction of sp³-hybridized carbons (Fsp3) is 0.500. The summed E-state index contributed by atoms with van der Waals surface area (Å²) in [6.07, 6.45) is 2.18. The lowest BCUT2D eigenvalue weighted by Crippen LogP contribution is -2.21. The molecule has 0 aliphatic heterocycles. The molecule has 16 heavy (non-hydrogen) atoms. The topological polar surface area (TPSA) is 34.1 Å². The molecule has 0 radical (unpaired) electrons. The molecule has 0 aliphatic rings. The van der Waals surface area contributed by atoms with Crippen LogP contribution in [0.15, 0.2) is 24.3 Å². The summed E-state index contributed by atoms with van der Waals surface area (Å²) in [5.74, 6) is 0. The van der Waals surface area contributed by atoms with Crippen LogP contribution in [0.1, 0.15) is 30.4 Å². The predicted octanol–water partition coefficient (Wildman–Crippen LogP) is 2.96. The SMILES string of the molecule is CCc1ccc(C(Cl)C(C)S(C)(=O)=O)cc1. The summed E-state index contributed by atoms with van der Waals surface area (Å²) in [5, 5.41) is -1.05.